The molecule has 0 aromatic carbocycles. The summed E-state index contributed by atoms with van der Waals surface area (Å²) in [7, 11) is 0. The van der Waals surface area contributed by atoms with Crippen molar-refractivity contribution in [1.29, 1.82) is 0 Å². The van der Waals surface area contributed by atoms with E-state index in [1.807, 2.05) is 6.07 Å². The molecule has 19 heavy (non-hydrogen) atoms. The highest BCUT2D eigenvalue weighted by Crippen LogP contribution is 2.39. The number of hydrogen-bond acceptors (Lipinski definition) is 4. The van der Waals surface area contributed by atoms with E-state index in [-0.39, 0.29) is 6.10 Å². The predicted octanol–water partition coefficient (Wildman–Crippen LogP) is 3.12. The molecule has 1 saturated carbocycles. The molecule has 1 aliphatic heterocycles. The topological polar surface area (TPSA) is 38.2 Å². The molecule has 2 aliphatic rings. The van der Waals surface area contributed by atoms with Crippen LogP contribution in [0.5, 0.6) is 0 Å². The number of halogens is 1. The summed E-state index contributed by atoms with van der Waals surface area (Å²) in [5, 5.41) is 0. The fourth-order valence-electron chi connectivity index (χ4n) is 2.56. The first-order valence-electron chi connectivity index (χ1n) is 7.10. The molecule has 4 nitrogen and oxygen atoms in total. The predicted molar refractivity (Wildman–Crippen MR) is 78.5 cm³/mol. The van der Waals surface area contributed by atoms with Crippen molar-refractivity contribution in [2.24, 2.45) is 0 Å². The molecule has 2 unspecified atom stereocenters. The van der Waals surface area contributed by atoms with Gasteiger partial charge < -0.3 is 9.64 Å². The zero-order valence-electron chi connectivity index (χ0n) is 11.5. The van der Waals surface area contributed by atoms with Gasteiger partial charge in [-0.1, -0.05) is 6.92 Å². The summed E-state index contributed by atoms with van der Waals surface area (Å²) in [6.07, 6.45) is 3.80. The van der Waals surface area contributed by atoms with Crippen LogP contribution in [-0.4, -0.2) is 35.3 Å². The second-order valence-electron chi connectivity index (χ2n) is 5.54. The average Bonchev–Trinajstić information content (AvgIpc) is 3.22. The third kappa shape index (κ3) is 2.92. The first-order chi connectivity index (χ1) is 9.17. The Morgan fingerprint density at radius 1 is 1.42 bits per heavy atom. The highest BCUT2D eigenvalue weighted by atomic mass is 79.9. The van der Waals surface area contributed by atoms with Gasteiger partial charge >= 0.3 is 0 Å². The minimum atomic E-state index is 0.265. The summed E-state index contributed by atoms with van der Waals surface area (Å²) >= 11 is 3.52. The van der Waals surface area contributed by atoms with Crippen LogP contribution in [-0.2, 0) is 4.74 Å². The van der Waals surface area contributed by atoms with Crippen LogP contribution in [0.4, 0.5) is 5.82 Å². The molecule has 2 fully saturated rings. The van der Waals surface area contributed by atoms with E-state index in [4.69, 9.17) is 9.72 Å². The van der Waals surface area contributed by atoms with Crippen LogP contribution in [0, 0.1) is 0 Å². The van der Waals surface area contributed by atoms with E-state index in [0.717, 1.165) is 35.8 Å². The maximum atomic E-state index is 5.76. The van der Waals surface area contributed by atoms with Crippen LogP contribution in [0.1, 0.15) is 44.9 Å². The van der Waals surface area contributed by atoms with Crippen molar-refractivity contribution < 1.29 is 4.74 Å². The summed E-state index contributed by atoms with van der Waals surface area (Å²) in [6, 6.07) is 2.46. The standard InChI is InChI=1S/C14H20BrN3O/c1-3-11-8-19-9(2)7-18(11)13-6-12(15)16-14(17-13)10-4-5-10/h6,9-11H,3-5,7-8H2,1-2H3. The Morgan fingerprint density at radius 2 is 2.21 bits per heavy atom. The van der Waals surface area contributed by atoms with E-state index in [0.29, 0.717) is 12.0 Å². The maximum absolute atomic E-state index is 5.76. The quantitative estimate of drug-likeness (QED) is 0.800. The lowest BCUT2D eigenvalue weighted by molar-refractivity contribution is 0.0296. The number of ether oxygens (including phenoxy) is 1. The summed E-state index contributed by atoms with van der Waals surface area (Å²) in [6.45, 7) is 6.02. The molecular formula is C14H20BrN3O. The summed E-state index contributed by atoms with van der Waals surface area (Å²) in [4.78, 5) is 11.7. The van der Waals surface area contributed by atoms with Crippen molar-refractivity contribution in [3.8, 4) is 0 Å². The number of aromatic nitrogens is 2. The largest absolute Gasteiger partial charge is 0.375 e. The average molecular weight is 326 g/mol. The van der Waals surface area contributed by atoms with Gasteiger partial charge in [-0.15, -0.1) is 0 Å². The molecule has 0 amide bonds. The maximum Gasteiger partial charge on any atom is 0.135 e. The van der Waals surface area contributed by atoms with Gasteiger partial charge in [-0.3, -0.25) is 0 Å². The van der Waals surface area contributed by atoms with Gasteiger partial charge in [0.15, 0.2) is 0 Å². The van der Waals surface area contributed by atoms with E-state index in [1.54, 1.807) is 0 Å². The Balaban J connectivity index is 1.90. The van der Waals surface area contributed by atoms with Gasteiger partial charge in [0, 0.05) is 18.5 Å². The Morgan fingerprint density at radius 3 is 2.89 bits per heavy atom. The molecule has 0 radical (unpaired) electrons. The smallest absolute Gasteiger partial charge is 0.135 e. The monoisotopic (exact) mass is 325 g/mol. The molecule has 1 aromatic heterocycles. The lowest BCUT2D eigenvalue weighted by Gasteiger charge is -2.39. The van der Waals surface area contributed by atoms with Gasteiger partial charge in [0.1, 0.15) is 16.2 Å². The van der Waals surface area contributed by atoms with E-state index in [1.165, 1.54) is 12.8 Å². The van der Waals surface area contributed by atoms with Crippen molar-refractivity contribution >= 4 is 21.7 Å². The van der Waals surface area contributed by atoms with Crippen LogP contribution in [0.25, 0.3) is 0 Å². The van der Waals surface area contributed by atoms with Gasteiger partial charge in [0.2, 0.25) is 0 Å². The molecule has 0 bridgehead atoms. The zero-order valence-corrected chi connectivity index (χ0v) is 13.1. The Kier molecular flexibility index (Phi) is 3.76. The summed E-state index contributed by atoms with van der Waals surface area (Å²) in [5.74, 6) is 2.62. The number of morpholine rings is 1. The SMILES string of the molecule is CCC1COC(C)CN1c1cc(Br)nc(C2CC2)n1. The minimum Gasteiger partial charge on any atom is -0.375 e. The molecule has 1 aliphatic carbocycles. The number of hydrogen-bond donors (Lipinski definition) is 0. The van der Waals surface area contributed by atoms with Crippen LogP contribution in [0.15, 0.2) is 10.7 Å². The Bertz CT molecular complexity index is 464. The molecule has 2 heterocycles. The fourth-order valence-corrected chi connectivity index (χ4v) is 2.94. The van der Waals surface area contributed by atoms with Crippen LogP contribution < -0.4 is 4.90 Å². The fraction of sp³-hybridized carbons (Fsp3) is 0.714. The molecule has 5 heteroatoms. The molecule has 0 spiro atoms. The highest BCUT2D eigenvalue weighted by Gasteiger charge is 2.30. The van der Waals surface area contributed by atoms with E-state index in [9.17, 15) is 0 Å². The molecule has 1 aromatic rings. The molecule has 1 saturated heterocycles. The normalized spacial score (nSPS) is 27.6. The summed E-state index contributed by atoms with van der Waals surface area (Å²) < 4.78 is 6.65. The zero-order chi connectivity index (χ0) is 13.4. The van der Waals surface area contributed by atoms with Crippen molar-refractivity contribution in [1.82, 2.24) is 9.97 Å². The molecule has 104 valence electrons. The lowest BCUT2D eigenvalue weighted by Crippen LogP contribution is -2.49. The van der Waals surface area contributed by atoms with E-state index >= 15 is 0 Å². The lowest BCUT2D eigenvalue weighted by atomic mass is 10.1. The molecule has 0 N–H and O–H groups in total. The van der Waals surface area contributed by atoms with Crippen LogP contribution in [0.2, 0.25) is 0 Å². The second kappa shape index (κ2) is 5.37. The van der Waals surface area contributed by atoms with Crippen molar-refractivity contribution in [2.75, 3.05) is 18.1 Å². The van der Waals surface area contributed by atoms with Crippen LogP contribution in [0.3, 0.4) is 0 Å². The Hall–Kier alpha value is -0.680. The van der Waals surface area contributed by atoms with Gasteiger partial charge in [0.25, 0.3) is 0 Å². The van der Waals surface area contributed by atoms with E-state index in [2.05, 4.69) is 39.7 Å². The minimum absolute atomic E-state index is 0.265. The van der Waals surface area contributed by atoms with Gasteiger partial charge in [0.05, 0.1) is 18.8 Å². The van der Waals surface area contributed by atoms with Gasteiger partial charge in [-0.25, -0.2) is 9.97 Å². The number of anilines is 1. The van der Waals surface area contributed by atoms with Gasteiger partial charge in [-0.2, -0.15) is 0 Å². The van der Waals surface area contributed by atoms with Gasteiger partial charge in [-0.05, 0) is 42.1 Å². The third-order valence-corrected chi connectivity index (χ3v) is 4.28. The number of nitrogens with zero attached hydrogens (tertiary/aromatic N) is 3. The van der Waals surface area contributed by atoms with Crippen molar-refractivity contribution in [3.05, 3.63) is 16.5 Å². The summed E-state index contributed by atoms with van der Waals surface area (Å²) in [5.41, 5.74) is 0. The Labute approximate surface area is 122 Å². The third-order valence-electron chi connectivity index (χ3n) is 3.87. The van der Waals surface area contributed by atoms with Crippen molar-refractivity contribution in [2.45, 2.75) is 51.2 Å². The first-order valence-corrected chi connectivity index (χ1v) is 7.89. The first kappa shape index (κ1) is 13.3. The second-order valence-corrected chi connectivity index (χ2v) is 6.35. The highest BCUT2D eigenvalue weighted by molar-refractivity contribution is 9.10. The number of rotatable bonds is 3. The van der Waals surface area contributed by atoms with E-state index < -0.39 is 0 Å². The van der Waals surface area contributed by atoms with Crippen molar-refractivity contribution in [3.63, 3.8) is 0 Å². The molecule has 3 rings (SSSR count). The van der Waals surface area contributed by atoms with Crippen LogP contribution >= 0.6 is 15.9 Å². The molecule has 2 atom stereocenters. The molecular weight excluding hydrogens is 306 g/mol.